The van der Waals surface area contributed by atoms with E-state index in [9.17, 15) is 5.11 Å². The van der Waals surface area contributed by atoms with Crippen molar-refractivity contribution in [2.75, 3.05) is 18.6 Å². The Hall–Kier alpha value is 0.230. The minimum atomic E-state index is -0.708. The minimum absolute atomic E-state index is 0.0825. The first-order valence-electron chi connectivity index (χ1n) is 4.67. The van der Waals surface area contributed by atoms with Crippen molar-refractivity contribution in [2.45, 2.75) is 37.5 Å². The van der Waals surface area contributed by atoms with E-state index < -0.39 is 5.60 Å². The van der Waals surface area contributed by atoms with Gasteiger partial charge >= 0.3 is 0 Å². The van der Waals surface area contributed by atoms with E-state index in [1.807, 2.05) is 18.7 Å². The van der Waals surface area contributed by atoms with Crippen molar-refractivity contribution < 1.29 is 9.84 Å². The van der Waals surface area contributed by atoms with Crippen LogP contribution in [0.4, 0.5) is 0 Å². The molecule has 0 spiro atoms. The Morgan fingerprint density at radius 1 is 1.77 bits per heavy atom. The molecule has 1 aliphatic heterocycles. The van der Waals surface area contributed by atoms with Crippen LogP contribution in [0.25, 0.3) is 0 Å². The number of methoxy groups -OCH3 is 1. The number of thioether (sulfide) groups is 1. The molecule has 13 heavy (non-hydrogen) atoms. The Labute approximate surface area is 84.0 Å². The van der Waals surface area contributed by atoms with Crippen molar-refractivity contribution in [1.29, 1.82) is 0 Å². The molecule has 1 heterocycles. The van der Waals surface area contributed by atoms with Crippen molar-refractivity contribution >= 4 is 11.8 Å². The van der Waals surface area contributed by atoms with Gasteiger partial charge in [-0.2, -0.15) is 11.8 Å². The highest BCUT2D eigenvalue weighted by Gasteiger charge is 2.38. The molecule has 0 saturated carbocycles. The molecule has 0 aromatic rings. The highest BCUT2D eigenvalue weighted by molar-refractivity contribution is 7.99. The molecule has 3 atom stereocenters. The minimum Gasteiger partial charge on any atom is -0.388 e. The molecular formula is C9H19NO2S. The zero-order valence-corrected chi connectivity index (χ0v) is 9.14. The van der Waals surface area contributed by atoms with Gasteiger partial charge in [0, 0.05) is 25.3 Å². The molecule has 1 saturated heterocycles. The topological polar surface area (TPSA) is 55.5 Å². The van der Waals surface area contributed by atoms with Crippen LogP contribution in [0.5, 0.6) is 0 Å². The lowest BCUT2D eigenvalue weighted by molar-refractivity contribution is -0.0359. The van der Waals surface area contributed by atoms with Crippen LogP contribution in [0.3, 0.4) is 0 Å². The lowest BCUT2D eigenvalue weighted by Gasteiger charge is -2.38. The van der Waals surface area contributed by atoms with Crippen LogP contribution in [0.1, 0.15) is 19.8 Å². The monoisotopic (exact) mass is 205 g/mol. The van der Waals surface area contributed by atoms with Crippen LogP contribution >= 0.6 is 11.8 Å². The van der Waals surface area contributed by atoms with Gasteiger partial charge in [0.05, 0.1) is 11.7 Å². The van der Waals surface area contributed by atoms with Crippen molar-refractivity contribution in [3.63, 3.8) is 0 Å². The van der Waals surface area contributed by atoms with E-state index >= 15 is 0 Å². The number of aliphatic hydroxyl groups is 1. The molecule has 3 nitrogen and oxygen atoms in total. The van der Waals surface area contributed by atoms with Gasteiger partial charge in [-0.15, -0.1) is 0 Å². The summed E-state index contributed by atoms with van der Waals surface area (Å²) in [6, 6.07) is -0.108. The average molecular weight is 205 g/mol. The van der Waals surface area contributed by atoms with E-state index in [1.165, 1.54) is 0 Å². The third-order valence-corrected chi connectivity index (χ3v) is 3.80. The zero-order valence-electron chi connectivity index (χ0n) is 8.32. The van der Waals surface area contributed by atoms with Crippen molar-refractivity contribution in [3.8, 4) is 0 Å². The average Bonchev–Trinajstić information content (AvgIpc) is 2.10. The predicted octanol–water partition coefficient (Wildman–Crippen LogP) is 0.607. The maximum atomic E-state index is 10.2. The van der Waals surface area contributed by atoms with Crippen molar-refractivity contribution in [3.05, 3.63) is 0 Å². The van der Waals surface area contributed by atoms with Gasteiger partial charge in [-0.1, -0.05) is 0 Å². The van der Waals surface area contributed by atoms with Crippen molar-refractivity contribution in [2.24, 2.45) is 5.73 Å². The molecule has 1 aliphatic rings. The molecule has 0 amide bonds. The molecule has 1 fully saturated rings. The molecule has 0 radical (unpaired) electrons. The van der Waals surface area contributed by atoms with Gasteiger partial charge < -0.3 is 15.6 Å². The quantitative estimate of drug-likeness (QED) is 0.708. The highest BCUT2D eigenvalue weighted by Crippen LogP contribution is 2.30. The standard InChI is InChI=1S/C9H19NO2S/c1-7(12-2)5-9(11)3-4-13-6-8(9)10/h7-8,11H,3-6,10H2,1-2H3. The van der Waals surface area contributed by atoms with Gasteiger partial charge in [-0.25, -0.2) is 0 Å². The lowest BCUT2D eigenvalue weighted by atomic mass is 9.87. The van der Waals surface area contributed by atoms with Gasteiger partial charge in [-0.05, 0) is 19.1 Å². The Kier molecular flexibility index (Phi) is 4.04. The highest BCUT2D eigenvalue weighted by atomic mass is 32.2. The SMILES string of the molecule is COC(C)CC1(O)CCSCC1N. The second kappa shape index (κ2) is 4.64. The molecule has 3 N–H and O–H groups in total. The lowest BCUT2D eigenvalue weighted by Crippen LogP contribution is -2.53. The summed E-state index contributed by atoms with van der Waals surface area (Å²) >= 11 is 1.81. The summed E-state index contributed by atoms with van der Waals surface area (Å²) in [5.41, 5.74) is 5.18. The Balaban J connectivity index is 2.51. The maximum Gasteiger partial charge on any atom is 0.0838 e. The number of hydrogen-bond donors (Lipinski definition) is 2. The summed E-state index contributed by atoms with van der Waals surface area (Å²) < 4.78 is 5.14. The van der Waals surface area contributed by atoms with Gasteiger partial charge in [0.15, 0.2) is 0 Å². The second-order valence-corrected chi connectivity index (χ2v) is 4.94. The summed E-state index contributed by atoms with van der Waals surface area (Å²) in [6.07, 6.45) is 1.51. The smallest absolute Gasteiger partial charge is 0.0838 e. The molecule has 0 bridgehead atoms. The molecule has 3 unspecified atom stereocenters. The molecule has 78 valence electrons. The van der Waals surface area contributed by atoms with Gasteiger partial charge in [0.2, 0.25) is 0 Å². The molecule has 0 aromatic carbocycles. The number of nitrogens with two attached hydrogens (primary N) is 1. The second-order valence-electron chi connectivity index (χ2n) is 3.79. The zero-order chi connectivity index (χ0) is 9.90. The summed E-state index contributed by atoms with van der Waals surface area (Å²) in [5.74, 6) is 1.85. The van der Waals surface area contributed by atoms with Crippen LogP contribution in [-0.4, -0.2) is 41.5 Å². The van der Waals surface area contributed by atoms with Gasteiger partial charge in [-0.3, -0.25) is 0 Å². The Bertz CT molecular complexity index is 168. The van der Waals surface area contributed by atoms with E-state index in [2.05, 4.69) is 0 Å². The molecule has 4 heteroatoms. The first-order valence-corrected chi connectivity index (χ1v) is 5.82. The van der Waals surface area contributed by atoms with E-state index in [0.29, 0.717) is 6.42 Å². The number of ether oxygens (including phenoxy) is 1. The van der Waals surface area contributed by atoms with Crippen LogP contribution in [-0.2, 0) is 4.74 Å². The van der Waals surface area contributed by atoms with Crippen LogP contribution in [0, 0.1) is 0 Å². The van der Waals surface area contributed by atoms with E-state index in [4.69, 9.17) is 10.5 Å². The largest absolute Gasteiger partial charge is 0.388 e. The summed E-state index contributed by atoms with van der Waals surface area (Å²) in [4.78, 5) is 0. The van der Waals surface area contributed by atoms with E-state index in [1.54, 1.807) is 7.11 Å². The normalized spacial score (nSPS) is 37.4. The molecular weight excluding hydrogens is 186 g/mol. The van der Waals surface area contributed by atoms with Gasteiger partial charge in [0.1, 0.15) is 0 Å². The van der Waals surface area contributed by atoms with E-state index in [-0.39, 0.29) is 12.1 Å². The van der Waals surface area contributed by atoms with Crippen LogP contribution < -0.4 is 5.73 Å². The maximum absolute atomic E-state index is 10.2. The molecule has 0 aromatic heterocycles. The third kappa shape index (κ3) is 2.84. The third-order valence-electron chi connectivity index (χ3n) is 2.71. The predicted molar refractivity (Wildman–Crippen MR) is 56.0 cm³/mol. The first-order chi connectivity index (χ1) is 6.08. The van der Waals surface area contributed by atoms with Crippen LogP contribution in [0.15, 0.2) is 0 Å². The van der Waals surface area contributed by atoms with Crippen LogP contribution in [0.2, 0.25) is 0 Å². The number of rotatable bonds is 3. The molecule has 0 aliphatic carbocycles. The fourth-order valence-corrected chi connectivity index (χ4v) is 2.86. The Morgan fingerprint density at radius 2 is 2.46 bits per heavy atom. The summed E-state index contributed by atoms with van der Waals surface area (Å²) in [5, 5.41) is 10.2. The molecule has 1 rings (SSSR count). The first kappa shape index (κ1) is 11.3. The van der Waals surface area contributed by atoms with Crippen molar-refractivity contribution in [1.82, 2.24) is 0 Å². The summed E-state index contributed by atoms with van der Waals surface area (Å²) in [7, 11) is 1.66. The fourth-order valence-electron chi connectivity index (χ4n) is 1.63. The Morgan fingerprint density at radius 3 is 3.00 bits per heavy atom. The number of hydrogen-bond acceptors (Lipinski definition) is 4. The van der Waals surface area contributed by atoms with E-state index in [0.717, 1.165) is 17.9 Å². The summed E-state index contributed by atoms with van der Waals surface area (Å²) in [6.45, 7) is 1.96. The fraction of sp³-hybridized carbons (Fsp3) is 1.00. The van der Waals surface area contributed by atoms with Gasteiger partial charge in [0.25, 0.3) is 0 Å².